The molecule has 1 N–H and O–H groups in total. The highest BCUT2D eigenvalue weighted by molar-refractivity contribution is 5.55. The monoisotopic (exact) mass is 274 g/mol. The molecule has 0 spiro atoms. The van der Waals surface area contributed by atoms with Crippen LogP contribution in [-0.2, 0) is 6.54 Å². The molecule has 0 aromatic heterocycles. The van der Waals surface area contributed by atoms with Gasteiger partial charge in [0.2, 0.25) is 0 Å². The maximum Gasteiger partial charge on any atom is 0.0412 e. The molecule has 1 fully saturated rings. The normalized spacial score (nSPS) is 16.2. The molecular weight excluding hydrogens is 244 g/mol. The molecule has 1 saturated heterocycles. The molecule has 2 heteroatoms. The molecule has 1 aliphatic rings. The summed E-state index contributed by atoms with van der Waals surface area (Å²) in [6, 6.07) is 7.60. The van der Waals surface area contributed by atoms with Gasteiger partial charge < -0.3 is 10.2 Å². The molecule has 1 heterocycles. The smallest absolute Gasteiger partial charge is 0.0412 e. The number of nitrogens with one attached hydrogen (secondary N) is 1. The van der Waals surface area contributed by atoms with Crippen LogP contribution in [-0.4, -0.2) is 19.1 Å². The van der Waals surface area contributed by atoms with Gasteiger partial charge in [-0.25, -0.2) is 0 Å². The van der Waals surface area contributed by atoms with Crippen molar-refractivity contribution in [3.63, 3.8) is 0 Å². The largest absolute Gasteiger partial charge is 0.371 e. The van der Waals surface area contributed by atoms with E-state index in [-0.39, 0.29) is 0 Å². The van der Waals surface area contributed by atoms with E-state index in [1.165, 1.54) is 49.2 Å². The fraction of sp³-hybridized carbons (Fsp3) is 0.667. The molecule has 0 radical (unpaired) electrons. The van der Waals surface area contributed by atoms with Crippen LogP contribution in [0.1, 0.15) is 64.0 Å². The Morgan fingerprint density at radius 1 is 1.05 bits per heavy atom. The average Bonchev–Trinajstić information content (AvgIpc) is 2.45. The standard InChI is InChI=1S/C18H30N2/c1-14(2)16-8-9-18(20-10-6-5-7-11-20)17(12-16)13-19-15(3)4/h8-9,12,14-15,19H,5-7,10-11,13H2,1-4H3. The van der Waals surface area contributed by atoms with Crippen molar-refractivity contribution in [2.75, 3.05) is 18.0 Å². The lowest BCUT2D eigenvalue weighted by molar-refractivity contribution is 0.565. The van der Waals surface area contributed by atoms with E-state index in [4.69, 9.17) is 0 Å². The summed E-state index contributed by atoms with van der Waals surface area (Å²) >= 11 is 0. The Labute approximate surface area is 124 Å². The maximum absolute atomic E-state index is 3.58. The number of hydrogen-bond donors (Lipinski definition) is 1. The van der Waals surface area contributed by atoms with E-state index < -0.39 is 0 Å². The van der Waals surface area contributed by atoms with Crippen molar-refractivity contribution in [2.45, 2.75) is 65.5 Å². The third-order valence-corrected chi connectivity index (χ3v) is 4.17. The van der Waals surface area contributed by atoms with Crippen molar-refractivity contribution < 1.29 is 0 Å². The van der Waals surface area contributed by atoms with Crippen molar-refractivity contribution in [2.24, 2.45) is 0 Å². The molecule has 0 aliphatic carbocycles. The third kappa shape index (κ3) is 3.99. The van der Waals surface area contributed by atoms with Crippen LogP contribution in [0.15, 0.2) is 18.2 Å². The van der Waals surface area contributed by atoms with Crippen LogP contribution >= 0.6 is 0 Å². The van der Waals surface area contributed by atoms with Gasteiger partial charge in [-0.1, -0.05) is 39.8 Å². The minimum atomic E-state index is 0.534. The Kier molecular flexibility index (Phi) is 5.47. The summed E-state index contributed by atoms with van der Waals surface area (Å²) in [5.74, 6) is 0.600. The van der Waals surface area contributed by atoms with Crippen LogP contribution in [0.3, 0.4) is 0 Å². The SMILES string of the molecule is CC(C)NCc1cc(C(C)C)ccc1N1CCCCC1. The molecule has 1 aromatic carbocycles. The van der Waals surface area contributed by atoms with Gasteiger partial charge in [-0.2, -0.15) is 0 Å². The van der Waals surface area contributed by atoms with Crippen LogP contribution < -0.4 is 10.2 Å². The van der Waals surface area contributed by atoms with E-state index in [9.17, 15) is 0 Å². The number of benzene rings is 1. The third-order valence-electron chi connectivity index (χ3n) is 4.17. The zero-order chi connectivity index (χ0) is 14.5. The lowest BCUT2D eigenvalue weighted by Crippen LogP contribution is -2.31. The van der Waals surface area contributed by atoms with Crippen LogP contribution in [0.2, 0.25) is 0 Å². The lowest BCUT2D eigenvalue weighted by atomic mass is 9.98. The van der Waals surface area contributed by atoms with Crippen LogP contribution in [0.4, 0.5) is 5.69 Å². The number of nitrogens with zero attached hydrogens (tertiary/aromatic N) is 1. The highest BCUT2D eigenvalue weighted by Crippen LogP contribution is 2.28. The summed E-state index contributed by atoms with van der Waals surface area (Å²) in [4.78, 5) is 2.57. The van der Waals surface area contributed by atoms with Crippen LogP contribution in [0, 0.1) is 0 Å². The number of anilines is 1. The van der Waals surface area contributed by atoms with E-state index >= 15 is 0 Å². The summed E-state index contributed by atoms with van der Waals surface area (Å²) in [6.07, 6.45) is 4.06. The van der Waals surface area contributed by atoms with Crippen molar-refractivity contribution in [3.8, 4) is 0 Å². The van der Waals surface area contributed by atoms with Crippen molar-refractivity contribution >= 4 is 5.69 Å². The predicted molar refractivity (Wildman–Crippen MR) is 88.6 cm³/mol. The van der Waals surface area contributed by atoms with E-state index in [1.807, 2.05) is 0 Å². The fourth-order valence-corrected chi connectivity index (χ4v) is 2.86. The highest BCUT2D eigenvalue weighted by Gasteiger charge is 2.15. The van der Waals surface area contributed by atoms with E-state index in [2.05, 4.69) is 56.1 Å². The van der Waals surface area contributed by atoms with Gasteiger partial charge in [-0.3, -0.25) is 0 Å². The second-order valence-corrected chi connectivity index (χ2v) is 6.63. The molecule has 0 unspecified atom stereocenters. The highest BCUT2D eigenvalue weighted by atomic mass is 15.1. The molecule has 112 valence electrons. The lowest BCUT2D eigenvalue weighted by Gasteiger charge is -2.31. The Balaban J connectivity index is 2.23. The van der Waals surface area contributed by atoms with E-state index in [0.29, 0.717) is 12.0 Å². The summed E-state index contributed by atoms with van der Waals surface area (Å²) < 4.78 is 0. The Hall–Kier alpha value is -1.02. The first kappa shape index (κ1) is 15.4. The molecule has 2 rings (SSSR count). The summed E-state index contributed by atoms with van der Waals surface area (Å²) in [6.45, 7) is 12.4. The van der Waals surface area contributed by atoms with Gasteiger partial charge in [0.25, 0.3) is 0 Å². The molecule has 2 nitrogen and oxygen atoms in total. The Morgan fingerprint density at radius 3 is 2.35 bits per heavy atom. The number of hydrogen-bond acceptors (Lipinski definition) is 2. The van der Waals surface area contributed by atoms with Gasteiger partial charge in [0.1, 0.15) is 0 Å². The zero-order valence-corrected chi connectivity index (χ0v) is 13.6. The maximum atomic E-state index is 3.58. The fourth-order valence-electron chi connectivity index (χ4n) is 2.86. The molecule has 1 aliphatic heterocycles. The second kappa shape index (κ2) is 7.12. The molecule has 0 bridgehead atoms. The Bertz CT molecular complexity index is 417. The second-order valence-electron chi connectivity index (χ2n) is 6.63. The first-order chi connectivity index (χ1) is 9.58. The van der Waals surface area contributed by atoms with Crippen molar-refractivity contribution in [3.05, 3.63) is 29.3 Å². The minimum Gasteiger partial charge on any atom is -0.371 e. The summed E-state index contributed by atoms with van der Waals surface area (Å²) in [7, 11) is 0. The van der Waals surface area contributed by atoms with Crippen molar-refractivity contribution in [1.82, 2.24) is 5.32 Å². The molecular formula is C18H30N2. The Morgan fingerprint density at radius 2 is 1.75 bits per heavy atom. The number of piperidine rings is 1. The minimum absolute atomic E-state index is 0.534. The quantitative estimate of drug-likeness (QED) is 0.861. The summed E-state index contributed by atoms with van der Waals surface area (Å²) in [5, 5.41) is 3.58. The molecule has 0 atom stereocenters. The van der Waals surface area contributed by atoms with Crippen LogP contribution in [0.5, 0.6) is 0 Å². The van der Waals surface area contributed by atoms with Gasteiger partial charge in [0.15, 0.2) is 0 Å². The van der Waals surface area contributed by atoms with E-state index in [0.717, 1.165) is 6.54 Å². The van der Waals surface area contributed by atoms with Crippen LogP contribution in [0.25, 0.3) is 0 Å². The summed E-state index contributed by atoms with van der Waals surface area (Å²) in [5.41, 5.74) is 4.36. The first-order valence-electron chi connectivity index (χ1n) is 8.19. The van der Waals surface area contributed by atoms with Crippen molar-refractivity contribution in [1.29, 1.82) is 0 Å². The molecule has 0 saturated carbocycles. The number of rotatable bonds is 5. The predicted octanol–water partition coefficient (Wildman–Crippen LogP) is 4.30. The molecule has 20 heavy (non-hydrogen) atoms. The van der Waals surface area contributed by atoms with Gasteiger partial charge in [-0.05, 0) is 42.4 Å². The van der Waals surface area contributed by atoms with Gasteiger partial charge in [0.05, 0.1) is 0 Å². The topological polar surface area (TPSA) is 15.3 Å². The molecule has 1 aromatic rings. The van der Waals surface area contributed by atoms with E-state index in [1.54, 1.807) is 0 Å². The van der Waals surface area contributed by atoms with Gasteiger partial charge in [-0.15, -0.1) is 0 Å². The molecule has 0 amide bonds. The average molecular weight is 274 g/mol. The van der Waals surface area contributed by atoms with Gasteiger partial charge in [0, 0.05) is 31.4 Å². The van der Waals surface area contributed by atoms with Gasteiger partial charge >= 0.3 is 0 Å². The zero-order valence-electron chi connectivity index (χ0n) is 13.6. The first-order valence-corrected chi connectivity index (χ1v) is 8.19.